The Labute approximate surface area is 96.5 Å². The van der Waals surface area contributed by atoms with E-state index in [9.17, 15) is 4.79 Å². The third kappa shape index (κ3) is 1.95. The first-order valence-corrected chi connectivity index (χ1v) is 5.83. The maximum atomic E-state index is 11.9. The van der Waals surface area contributed by atoms with Crippen LogP contribution in [0.25, 0.3) is 0 Å². The summed E-state index contributed by atoms with van der Waals surface area (Å²) in [7, 11) is 0. The third-order valence-corrected chi connectivity index (χ3v) is 3.06. The zero-order valence-corrected chi connectivity index (χ0v) is 9.92. The lowest BCUT2D eigenvalue weighted by Crippen LogP contribution is -2.48. The number of hydrogen-bond donors (Lipinski definition) is 1. The molecule has 3 heteroatoms. The Balaban J connectivity index is 2.41. The highest BCUT2D eigenvalue weighted by Crippen LogP contribution is 2.26. The molecule has 1 aliphatic heterocycles. The van der Waals surface area contributed by atoms with Gasteiger partial charge in [-0.3, -0.25) is 4.79 Å². The summed E-state index contributed by atoms with van der Waals surface area (Å²) < 4.78 is 0. The van der Waals surface area contributed by atoms with Gasteiger partial charge >= 0.3 is 0 Å². The summed E-state index contributed by atoms with van der Waals surface area (Å²) >= 11 is 0. The number of benzene rings is 1. The van der Waals surface area contributed by atoms with Crippen LogP contribution in [0.4, 0.5) is 5.69 Å². The van der Waals surface area contributed by atoms with Gasteiger partial charge in [-0.25, -0.2) is 0 Å². The van der Waals surface area contributed by atoms with E-state index in [4.69, 9.17) is 0 Å². The van der Waals surface area contributed by atoms with Crippen molar-refractivity contribution in [2.45, 2.75) is 20.3 Å². The van der Waals surface area contributed by atoms with Crippen LogP contribution in [0.5, 0.6) is 0 Å². The van der Waals surface area contributed by atoms with Crippen LogP contribution in [-0.4, -0.2) is 25.5 Å². The molecule has 0 bridgehead atoms. The van der Waals surface area contributed by atoms with Crippen molar-refractivity contribution in [3.05, 3.63) is 29.3 Å². The van der Waals surface area contributed by atoms with Crippen molar-refractivity contribution in [1.29, 1.82) is 0 Å². The van der Waals surface area contributed by atoms with Crippen LogP contribution in [0, 0.1) is 6.92 Å². The molecule has 0 atom stereocenters. The molecule has 0 unspecified atom stereocenters. The van der Waals surface area contributed by atoms with Gasteiger partial charge in [0.2, 0.25) is 5.91 Å². The molecule has 2 rings (SSSR count). The molecule has 1 amide bonds. The zero-order valence-electron chi connectivity index (χ0n) is 9.92. The van der Waals surface area contributed by atoms with E-state index >= 15 is 0 Å². The van der Waals surface area contributed by atoms with Crippen molar-refractivity contribution in [3.8, 4) is 0 Å². The van der Waals surface area contributed by atoms with Crippen LogP contribution in [-0.2, 0) is 11.2 Å². The Morgan fingerprint density at radius 2 is 2.25 bits per heavy atom. The van der Waals surface area contributed by atoms with Crippen molar-refractivity contribution in [2.75, 3.05) is 24.5 Å². The molecule has 3 nitrogen and oxygen atoms in total. The summed E-state index contributed by atoms with van der Waals surface area (Å²) in [5.41, 5.74) is 3.57. The number of hydrogen-bond acceptors (Lipinski definition) is 2. The first-order valence-electron chi connectivity index (χ1n) is 5.83. The van der Waals surface area contributed by atoms with Crippen molar-refractivity contribution in [2.24, 2.45) is 0 Å². The molecule has 86 valence electrons. The summed E-state index contributed by atoms with van der Waals surface area (Å²) in [5, 5.41) is 3.10. The second kappa shape index (κ2) is 4.66. The van der Waals surface area contributed by atoms with Crippen LogP contribution in [0.3, 0.4) is 0 Å². The predicted octanol–water partition coefficient (Wildman–Crippen LogP) is 1.49. The monoisotopic (exact) mass is 218 g/mol. The Bertz CT molecular complexity index is 401. The summed E-state index contributed by atoms with van der Waals surface area (Å²) in [6, 6.07) is 6.24. The number of carbonyl (C=O) groups is 1. The summed E-state index contributed by atoms with van der Waals surface area (Å²) in [6.45, 7) is 6.31. The van der Waals surface area contributed by atoms with Crippen molar-refractivity contribution in [3.63, 3.8) is 0 Å². The average Bonchev–Trinajstić information content (AvgIpc) is 2.30. The van der Waals surface area contributed by atoms with Crippen LogP contribution in [0.15, 0.2) is 18.2 Å². The van der Waals surface area contributed by atoms with Crippen molar-refractivity contribution < 1.29 is 4.79 Å². The second-order valence-corrected chi connectivity index (χ2v) is 4.16. The van der Waals surface area contributed by atoms with Crippen molar-refractivity contribution in [1.82, 2.24) is 5.32 Å². The number of aryl methyl sites for hydroxylation is 2. The lowest BCUT2D eigenvalue weighted by molar-refractivity contribution is -0.118. The Morgan fingerprint density at radius 3 is 2.94 bits per heavy atom. The molecular weight excluding hydrogens is 200 g/mol. The first-order chi connectivity index (χ1) is 7.74. The highest BCUT2D eigenvalue weighted by molar-refractivity contribution is 5.97. The number of amides is 1. The van der Waals surface area contributed by atoms with Gasteiger partial charge in [-0.05, 0) is 24.5 Å². The van der Waals surface area contributed by atoms with Gasteiger partial charge in [-0.2, -0.15) is 0 Å². The molecule has 0 spiro atoms. The second-order valence-electron chi connectivity index (χ2n) is 4.16. The molecule has 1 aromatic carbocycles. The summed E-state index contributed by atoms with van der Waals surface area (Å²) in [6.07, 6.45) is 0.966. The van der Waals surface area contributed by atoms with Gasteiger partial charge in [0.05, 0.1) is 6.54 Å². The Hall–Kier alpha value is -1.35. The lowest BCUT2D eigenvalue weighted by atomic mass is 10.0. The van der Waals surface area contributed by atoms with E-state index in [0.717, 1.165) is 25.2 Å². The highest BCUT2D eigenvalue weighted by Gasteiger charge is 2.22. The molecule has 1 fully saturated rings. The van der Waals surface area contributed by atoms with Gasteiger partial charge in [-0.15, -0.1) is 0 Å². The minimum absolute atomic E-state index is 0.176. The fourth-order valence-electron chi connectivity index (χ4n) is 2.23. The molecule has 0 aliphatic carbocycles. The number of anilines is 1. The molecular formula is C13H18N2O. The largest absolute Gasteiger partial charge is 0.309 e. The zero-order chi connectivity index (χ0) is 11.5. The topological polar surface area (TPSA) is 32.3 Å². The fourth-order valence-corrected chi connectivity index (χ4v) is 2.23. The van der Waals surface area contributed by atoms with E-state index in [-0.39, 0.29) is 5.91 Å². The van der Waals surface area contributed by atoms with Gasteiger partial charge in [0.15, 0.2) is 0 Å². The standard InChI is InChI=1S/C13H18N2O/c1-3-11-6-4-5-10(2)13(11)15-8-7-14-9-12(15)16/h4-6,14H,3,7-9H2,1-2H3. The van der Waals surface area contributed by atoms with Crippen LogP contribution in [0.1, 0.15) is 18.1 Å². The quantitative estimate of drug-likeness (QED) is 0.815. The number of para-hydroxylation sites is 1. The van der Waals surface area contributed by atoms with Crippen molar-refractivity contribution >= 4 is 11.6 Å². The predicted molar refractivity (Wildman–Crippen MR) is 65.8 cm³/mol. The summed E-state index contributed by atoms with van der Waals surface area (Å²) in [5.74, 6) is 0.176. The van der Waals surface area contributed by atoms with E-state index in [0.29, 0.717) is 6.54 Å². The Kier molecular flexibility index (Phi) is 3.25. The summed E-state index contributed by atoms with van der Waals surface area (Å²) in [4.78, 5) is 13.8. The lowest BCUT2D eigenvalue weighted by Gasteiger charge is -2.30. The minimum Gasteiger partial charge on any atom is -0.309 e. The number of nitrogens with one attached hydrogen (secondary N) is 1. The maximum absolute atomic E-state index is 11.9. The molecule has 1 N–H and O–H groups in total. The third-order valence-electron chi connectivity index (χ3n) is 3.06. The number of rotatable bonds is 2. The minimum atomic E-state index is 0.176. The maximum Gasteiger partial charge on any atom is 0.240 e. The first kappa shape index (κ1) is 11.1. The smallest absolute Gasteiger partial charge is 0.240 e. The van der Waals surface area contributed by atoms with Gasteiger partial charge in [0.25, 0.3) is 0 Å². The van der Waals surface area contributed by atoms with Gasteiger partial charge in [0.1, 0.15) is 0 Å². The van der Waals surface area contributed by atoms with Crippen LogP contribution < -0.4 is 10.2 Å². The highest BCUT2D eigenvalue weighted by atomic mass is 16.2. The normalized spacial score (nSPS) is 16.6. The number of carbonyl (C=O) groups excluding carboxylic acids is 1. The molecule has 0 aromatic heterocycles. The van der Waals surface area contributed by atoms with E-state index in [1.165, 1.54) is 11.1 Å². The fraction of sp³-hybridized carbons (Fsp3) is 0.462. The van der Waals surface area contributed by atoms with Gasteiger partial charge < -0.3 is 10.2 Å². The van der Waals surface area contributed by atoms with Gasteiger partial charge in [0, 0.05) is 18.8 Å². The van der Waals surface area contributed by atoms with Crippen LogP contribution in [0.2, 0.25) is 0 Å². The molecule has 1 aliphatic rings. The Morgan fingerprint density at radius 1 is 1.44 bits per heavy atom. The van der Waals surface area contributed by atoms with E-state index in [1.54, 1.807) is 0 Å². The molecule has 0 radical (unpaired) electrons. The van der Waals surface area contributed by atoms with E-state index in [2.05, 4.69) is 37.4 Å². The van der Waals surface area contributed by atoms with E-state index < -0.39 is 0 Å². The average molecular weight is 218 g/mol. The van der Waals surface area contributed by atoms with E-state index in [1.807, 2.05) is 4.90 Å². The van der Waals surface area contributed by atoms with Crippen LogP contribution >= 0.6 is 0 Å². The SMILES string of the molecule is CCc1cccc(C)c1N1CCNCC1=O. The number of nitrogens with zero attached hydrogens (tertiary/aromatic N) is 1. The molecule has 1 saturated heterocycles. The molecule has 1 aromatic rings. The van der Waals surface area contributed by atoms with Gasteiger partial charge in [-0.1, -0.05) is 25.1 Å². The molecule has 0 saturated carbocycles. The number of piperazine rings is 1. The molecule has 16 heavy (non-hydrogen) atoms. The molecule has 1 heterocycles.